The Hall–Kier alpha value is -1.65. The van der Waals surface area contributed by atoms with E-state index in [-0.39, 0.29) is 12.0 Å². The second kappa shape index (κ2) is 6.87. The molecule has 1 saturated heterocycles. The molecule has 2 aliphatic rings. The van der Waals surface area contributed by atoms with Crippen LogP contribution in [0.25, 0.3) is 5.57 Å². The van der Waals surface area contributed by atoms with E-state index in [9.17, 15) is 4.79 Å². The lowest BCUT2D eigenvalue weighted by Crippen LogP contribution is -2.43. The third-order valence-corrected chi connectivity index (χ3v) is 4.11. The molecule has 0 aliphatic carbocycles. The minimum atomic E-state index is 0.0331. The zero-order valence-electron chi connectivity index (χ0n) is 12.3. The van der Waals surface area contributed by atoms with Crippen molar-refractivity contribution in [1.82, 2.24) is 10.2 Å². The molecule has 0 saturated carbocycles. The maximum absolute atomic E-state index is 12.3. The summed E-state index contributed by atoms with van der Waals surface area (Å²) in [4.78, 5) is 14.2. The normalized spacial score (nSPS) is 22.8. The molecule has 4 nitrogen and oxygen atoms in total. The first kappa shape index (κ1) is 14.3. The molecule has 0 radical (unpaired) electrons. The van der Waals surface area contributed by atoms with Crippen molar-refractivity contribution < 1.29 is 9.53 Å². The van der Waals surface area contributed by atoms with Gasteiger partial charge in [-0.15, -0.1) is 0 Å². The number of morpholine rings is 1. The molecule has 21 heavy (non-hydrogen) atoms. The Labute approximate surface area is 125 Å². The van der Waals surface area contributed by atoms with E-state index in [1.54, 1.807) is 0 Å². The van der Waals surface area contributed by atoms with Gasteiger partial charge in [-0.05, 0) is 17.6 Å². The molecule has 1 aromatic rings. The van der Waals surface area contributed by atoms with Crippen LogP contribution in [-0.4, -0.2) is 49.7 Å². The van der Waals surface area contributed by atoms with E-state index in [0.717, 1.165) is 26.1 Å². The largest absolute Gasteiger partial charge is 0.375 e. The van der Waals surface area contributed by atoms with Crippen LogP contribution in [0.1, 0.15) is 18.4 Å². The number of rotatable bonds is 3. The van der Waals surface area contributed by atoms with Crippen molar-refractivity contribution in [3.8, 4) is 0 Å². The summed E-state index contributed by atoms with van der Waals surface area (Å²) in [6.07, 6.45) is 3.63. The number of amides is 1. The molecule has 2 heterocycles. The molecule has 0 spiro atoms. The third-order valence-electron chi connectivity index (χ3n) is 4.11. The molecule has 0 bridgehead atoms. The van der Waals surface area contributed by atoms with Gasteiger partial charge in [0.05, 0.1) is 19.1 Å². The molecule has 1 fully saturated rings. The maximum Gasteiger partial charge on any atom is 0.225 e. The van der Waals surface area contributed by atoms with Crippen molar-refractivity contribution >= 4 is 11.5 Å². The number of nitrogens with zero attached hydrogens (tertiary/aromatic N) is 1. The van der Waals surface area contributed by atoms with Crippen LogP contribution in [0, 0.1) is 0 Å². The lowest BCUT2D eigenvalue weighted by Gasteiger charge is -2.29. The Kier molecular flexibility index (Phi) is 4.68. The van der Waals surface area contributed by atoms with Gasteiger partial charge in [-0.3, -0.25) is 4.79 Å². The van der Waals surface area contributed by atoms with Crippen LogP contribution in [0.5, 0.6) is 0 Å². The Morgan fingerprint density at radius 1 is 1.33 bits per heavy atom. The van der Waals surface area contributed by atoms with Crippen LogP contribution in [0.15, 0.2) is 36.4 Å². The number of ether oxygens (including phenoxy) is 1. The van der Waals surface area contributed by atoms with Gasteiger partial charge in [0.1, 0.15) is 0 Å². The number of carbonyl (C=O) groups excluding carboxylic acids is 1. The predicted octanol–water partition coefficient (Wildman–Crippen LogP) is 1.68. The van der Waals surface area contributed by atoms with Crippen LogP contribution in [0.2, 0.25) is 0 Å². The van der Waals surface area contributed by atoms with E-state index in [0.29, 0.717) is 19.6 Å². The monoisotopic (exact) mass is 286 g/mol. The Morgan fingerprint density at radius 3 is 2.86 bits per heavy atom. The van der Waals surface area contributed by atoms with Gasteiger partial charge in [0.25, 0.3) is 0 Å². The number of hydrogen-bond donors (Lipinski definition) is 1. The van der Waals surface area contributed by atoms with Gasteiger partial charge >= 0.3 is 0 Å². The van der Waals surface area contributed by atoms with Gasteiger partial charge in [0.2, 0.25) is 5.91 Å². The van der Waals surface area contributed by atoms with E-state index >= 15 is 0 Å². The summed E-state index contributed by atoms with van der Waals surface area (Å²) in [5, 5.41) is 3.26. The summed E-state index contributed by atoms with van der Waals surface area (Å²) in [6, 6.07) is 10.4. The minimum absolute atomic E-state index is 0.0331. The first-order valence-corrected chi connectivity index (χ1v) is 7.67. The lowest BCUT2D eigenvalue weighted by molar-refractivity contribution is -0.134. The highest BCUT2D eigenvalue weighted by molar-refractivity contribution is 5.78. The standard InChI is InChI=1S/C17H22N2O2/c20-17(12-16-13-18-8-11-21-16)19-9-6-15(7-10-19)14-4-2-1-3-5-14/h1-6,16,18H,7-13H2. The van der Waals surface area contributed by atoms with Crippen LogP contribution in [0.3, 0.4) is 0 Å². The smallest absolute Gasteiger partial charge is 0.225 e. The summed E-state index contributed by atoms with van der Waals surface area (Å²) < 4.78 is 5.60. The maximum atomic E-state index is 12.3. The number of carbonyl (C=O) groups is 1. The fourth-order valence-electron chi connectivity index (χ4n) is 2.88. The third kappa shape index (κ3) is 3.71. The van der Waals surface area contributed by atoms with E-state index in [4.69, 9.17) is 4.74 Å². The molecule has 4 heteroatoms. The summed E-state index contributed by atoms with van der Waals surface area (Å²) in [5.74, 6) is 0.201. The van der Waals surface area contributed by atoms with Crippen LogP contribution >= 0.6 is 0 Å². The molecule has 1 N–H and O–H groups in total. The summed E-state index contributed by atoms with van der Waals surface area (Å²) >= 11 is 0. The van der Waals surface area contributed by atoms with E-state index in [2.05, 4.69) is 35.7 Å². The molecule has 2 aliphatic heterocycles. The average molecular weight is 286 g/mol. The first-order valence-electron chi connectivity index (χ1n) is 7.67. The predicted molar refractivity (Wildman–Crippen MR) is 82.8 cm³/mol. The number of benzene rings is 1. The number of nitrogens with one attached hydrogen (secondary N) is 1. The molecule has 1 aromatic carbocycles. The molecule has 3 rings (SSSR count). The van der Waals surface area contributed by atoms with Gasteiger partial charge in [0, 0.05) is 26.2 Å². The fraction of sp³-hybridized carbons (Fsp3) is 0.471. The van der Waals surface area contributed by atoms with Crippen LogP contribution in [-0.2, 0) is 9.53 Å². The van der Waals surface area contributed by atoms with Crippen molar-refractivity contribution in [3.63, 3.8) is 0 Å². The summed E-state index contributed by atoms with van der Waals surface area (Å²) in [6.45, 7) is 3.89. The minimum Gasteiger partial charge on any atom is -0.375 e. The molecule has 1 unspecified atom stereocenters. The molecular formula is C17H22N2O2. The van der Waals surface area contributed by atoms with Crippen LogP contribution in [0.4, 0.5) is 0 Å². The number of hydrogen-bond acceptors (Lipinski definition) is 3. The SMILES string of the molecule is O=C(CC1CNCCO1)N1CC=C(c2ccccc2)CC1. The van der Waals surface area contributed by atoms with Crippen molar-refractivity contribution in [2.45, 2.75) is 18.9 Å². The molecule has 0 aromatic heterocycles. The first-order chi connectivity index (χ1) is 10.3. The van der Waals surface area contributed by atoms with Crippen molar-refractivity contribution in [2.24, 2.45) is 0 Å². The second-order valence-electron chi connectivity index (χ2n) is 5.59. The quantitative estimate of drug-likeness (QED) is 0.919. The molecule has 1 amide bonds. The molecule has 1 atom stereocenters. The molecular weight excluding hydrogens is 264 g/mol. The summed E-state index contributed by atoms with van der Waals surface area (Å²) in [5.41, 5.74) is 2.61. The van der Waals surface area contributed by atoms with Gasteiger partial charge in [-0.2, -0.15) is 0 Å². The Bertz CT molecular complexity index is 507. The average Bonchev–Trinajstić information content (AvgIpc) is 2.57. The lowest BCUT2D eigenvalue weighted by atomic mass is 9.99. The van der Waals surface area contributed by atoms with Gasteiger partial charge in [-0.25, -0.2) is 0 Å². The fourth-order valence-corrected chi connectivity index (χ4v) is 2.88. The highest BCUT2D eigenvalue weighted by Crippen LogP contribution is 2.22. The van der Waals surface area contributed by atoms with Crippen molar-refractivity contribution in [2.75, 3.05) is 32.8 Å². The van der Waals surface area contributed by atoms with E-state index in [1.165, 1.54) is 11.1 Å². The zero-order chi connectivity index (χ0) is 14.5. The van der Waals surface area contributed by atoms with E-state index < -0.39 is 0 Å². The topological polar surface area (TPSA) is 41.6 Å². The van der Waals surface area contributed by atoms with E-state index in [1.807, 2.05) is 11.0 Å². The molecule has 112 valence electrons. The van der Waals surface area contributed by atoms with Crippen LogP contribution < -0.4 is 5.32 Å². The van der Waals surface area contributed by atoms with Gasteiger partial charge in [-0.1, -0.05) is 36.4 Å². The van der Waals surface area contributed by atoms with Crippen molar-refractivity contribution in [3.05, 3.63) is 42.0 Å². The summed E-state index contributed by atoms with van der Waals surface area (Å²) in [7, 11) is 0. The Balaban J connectivity index is 1.55. The zero-order valence-corrected chi connectivity index (χ0v) is 12.3. The Morgan fingerprint density at radius 2 is 2.19 bits per heavy atom. The van der Waals surface area contributed by atoms with Gasteiger partial charge < -0.3 is 15.0 Å². The van der Waals surface area contributed by atoms with Crippen molar-refractivity contribution in [1.29, 1.82) is 0 Å². The highest BCUT2D eigenvalue weighted by Gasteiger charge is 2.23. The highest BCUT2D eigenvalue weighted by atomic mass is 16.5. The second-order valence-corrected chi connectivity index (χ2v) is 5.59. The van der Waals surface area contributed by atoms with Gasteiger partial charge in [0.15, 0.2) is 0 Å².